The van der Waals surface area contributed by atoms with Crippen molar-refractivity contribution in [1.82, 2.24) is 0 Å². The number of amides is 2. The van der Waals surface area contributed by atoms with E-state index in [-0.39, 0.29) is 11.7 Å². The molecule has 2 N–H and O–H groups in total. The summed E-state index contributed by atoms with van der Waals surface area (Å²) in [7, 11) is 0. The molecule has 0 aliphatic carbocycles. The van der Waals surface area contributed by atoms with Crippen LogP contribution in [0, 0.1) is 0 Å². The molecule has 3 rings (SSSR count). The number of anilines is 2. The zero-order valence-corrected chi connectivity index (χ0v) is 11.7. The van der Waals surface area contributed by atoms with Crippen molar-refractivity contribution in [3.05, 3.63) is 54.1 Å². The lowest BCUT2D eigenvalue weighted by Gasteiger charge is -2.14. The van der Waals surface area contributed by atoms with Crippen molar-refractivity contribution < 1.29 is 19.4 Å². The number of rotatable bonds is 3. The first kappa shape index (κ1) is 13.9. The van der Waals surface area contributed by atoms with Crippen LogP contribution in [0.2, 0.25) is 0 Å². The van der Waals surface area contributed by atoms with Gasteiger partial charge in [0.25, 0.3) is 5.91 Å². The smallest absolute Gasteiger partial charge is 0.414 e. The van der Waals surface area contributed by atoms with Gasteiger partial charge in [-0.1, -0.05) is 18.2 Å². The highest BCUT2D eigenvalue weighted by molar-refractivity contribution is 6.06. The predicted octanol–water partition coefficient (Wildman–Crippen LogP) is 2.60. The summed E-state index contributed by atoms with van der Waals surface area (Å²) in [4.78, 5) is 25.3. The molecule has 6 heteroatoms. The van der Waals surface area contributed by atoms with E-state index in [2.05, 4.69) is 5.32 Å². The van der Waals surface area contributed by atoms with Crippen molar-refractivity contribution in [2.45, 2.75) is 0 Å². The van der Waals surface area contributed by atoms with Gasteiger partial charge in [0.05, 0.1) is 12.2 Å². The van der Waals surface area contributed by atoms with Gasteiger partial charge in [-0.3, -0.25) is 9.69 Å². The van der Waals surface area contributed by atoms with Crippen LogP contribution in [0.15, 0.2) is 48.5 Å². The van der Waals surface area contributed by atoms with Gasteiger partial charge in [0.15, 0.2) is 0 Å². The normalized spacial score (nSPS) is 13.8. The Balaban J connectivity index is 1.81. The zero-order chi connectivity index (χ0) is 15.5. The minimum atomic E-state index is -0.418. The number of benzene rings is 2. The molecule has 1 fully saturated rings. The number of nitrogens with zero attached hydrogens (tertiary/aromatic N) is 1. The quantitative estimate of drug-likeness (QED) is 0.854. The van der Waals surface area contributed by atoms with Gasteiger partial charge in [-0.15, -0.1) is 0 Å². The Morgan fingerprint density at radius 2 is 2.00 bits per heavy atom. The van der Waals surface area contributed by atoms with Gasteiger partial charge in [0, 0.05) is 11.3 Å². The number of aromatic hydroxyl groups is 1. The second-order valence-electron chi connectivity index (χ2n) is 4.79. The van der Waals surface area contributed by atoms with Crippen molar-refractivity contribution in [2.75, 3.05) is 23.4 Å². The predicted molar refractivity (Wildman–Crippen MR) is 81.2 cm³/mol. The standard InChI is InChI=1S/C16H14N2O4/c19-14-7-2-1-6-13(14)17-15(20)11-4-3-5-12(10-11)18-8-9-22-16(18)21/h1-7,10,19H,8-9H2,(H,17,20). The van der Waals surface area contributed by atoms with Crippen molar-refractivity contribution in [3.63, 3.8) is 0 Å². The van der Waals surface area contributed by atoms with Gasteiger partial charge < -0.3 is 15.2 Å². The molecule has 2 amide bonds. The van der Waals surface area contributed by atoms with Gasteiger partial charge in [0.1, 0.15) is 12.4 Å². The number of cyclic esters (lactones) is 1. The van der Waals surface area contributed by atoms with Crippen molar-refractivity contribution in [1.29, 1.82) is 0 Å². The van der Waals surface area contributed by atoms with E-state index < -0.39 is 6.09 Å². The number of para-hydroxylation sites is 2. The Labute approximate surface area is 126 Å². The summed E-state index contributed by atoms with van der Waals surface area (Å²) in [6, 6.07) is 13.2. The van der Waals surface area contributed by atoms with Crippen LogP contribution in [0.3, 0.4) is 0 Å². The molecule has 0 atom stereocenters. The first-order valence-electron chi connectivity index (χ1n) is 6.79. The summed E-state index contributed by atoms with van der Waals surface area (Å²) in [6.45, 7) is 0.802. The second kappa shape index (κ2) is 5.77. The highest BCUT2D eigenvalue weighted by Gasteiger charge is 2.24. The Bertz CT molecular complexity index is 730. The van der Waals surface area contributed by atoms with Crippen LogP contribution in [-0.2, 0) is 4.74 Å². The minimum absolute atomic E-state index is 0.00451. The maximum Gasteiger partial charge on any atom is 0.414 e. The summed E-state index contributed by atoms with van der Waals surface area (Å²) in [5.41, 5.74) is 1.33. The highest BCUT2D eigenvalue weighted by Crippen LogP contribution is 2.24. The van der Waals surface area contributed by atoms with E-state index in [4.69, 9.17) is 4.74 Å². The molecule has 2 aromatic carbocycles. The molecule has 6 nitrogen and oxygen atoms in total. The van der Waals surface area contributed by atoms with Crippen LogP contribution in [0.1, 0.15) is 10.4 Å². The largest absolute Gasteiger partial charge is 0.506 e. The molecule has 0 saturated carbocycles. The van der Waals surface area contributed by atoms with E-state index in [1.54, 1.807) is 42.5 Å². The molecule has 0 aromatic heterocycles. The number of phenols is 1. The summed E-state index contributed by atoms with van der Waals surface area (Å²) in [6.07, 6.45) is -0.418. The number of carbonyl (C=O) groups is 2. The van der Waals surface area contributed by atoms with Gasteiger partial charge in [-0.25, -0.2) is 4.79 Å². The van der Waals surface area contributed by atoms with E-state index >= 15 is 0 Å². The number of nitrogens with one attached hydrogen (secondary N) is 1. The Hall–Kier alpha value is -3.02. The molecule has 2 aromatic rings. The molecular formula is C16H14N2O4. The maximum atomic E-state index is 12.3. The molecule has 0 radical (unpaired) electrons. The van der Waals surface area contributed by atoms with E-state index in [9.17, 15) is 14.7 Å². The fourth-order valence-corrected chi connectivity index (χ4v) is 2.22. The second-order valence-corrected chi connectivity index (χ2v) is 4.79. The molecule has 1 saturated heterocycles. The molecule has 0 spiro atoms. The molecule has 1 aliphatic rings. The zero-order valence-electron chi connectivity index (χ0n) is 11.7. The molecular weight excluding hydrogens is 284 g/mol. The lowest BCUT2D eigenvalue weighted by Crippen LogP contribution is -2.23. The fraction of sp³-hybridized carbons (Fsp3) is 0.125. The maximum absolute atomic E-state index is 12.3. The van der Waals surface area contributed by atoms with E-state index in [0.29, 0.717) is 30.1 Å². The molecule has 1 heterocycles. The number of hydrogen-bond acceptors (Lipinski definition) is 4. The molecule has 1 aliphatic heterocycles. The van der Waals surface area contributed by atoms with Crippen LogP contribution >= 0.6 is 0 Å². The van der Waals surface area contributed by atoms with Gasteiger partial charge in [-0.2, -0.15) is 0 Å². The minimum Gasteiger partial charge on any atom is -0.506 e. The Morgan fingerprint density at radius 1 is 1.18 bits per heavy atom. The third-order valence-electron chi connectivity index (χ3n) is 3.33. The summed E-state index contributed by atoms with van der Waals surface area (Å²) >= 11 is 0. The fourth-order valence-electron chi connectivity index (χ4n) is 2.22. The number of carbonyl (C=O) groups excluding carboxylic acids is 2. The van der Waals surface area contributed by atoms with Crippen LogP contribution in [0.5, 0.6) is 5.75 Å². The van der Waals surface area contributed by atoms with Crippen molar-refractivity contribution >= 4 is 23.4 Å². The number of hydrogen-bond donors (Lipinski definition) is 2. The van der Waals surface area contributed by atoms with E-state index in [1.807, 2.05) is 0 Å². The third-order valence-corrected chi connectivity index (χ3v) is 3.33. The van der Waals surface area contributed by atoms with Crippen molar-refractivity contribution in [2.24, 2.45) is 0 Å². The lowest BCUT2D eigenvalue weighted by atomic mass is 10.1. The summed E-state index contributed by atoms with van der Waals surface area (Å²) in [5.74, 6) is -0.369. The van der Waals surface area contributed by atoms with Crippen LogP contribution in [0.25, 0.3) is 0 Å². The monoisotopic (exact) mass is 298 g/mol. The van der Waals surface area contributed by atoms with Crippen LogP contribution in [-0.4, -0.2) is 30.3 Å². The van der Waals surface area contributed by atoms with Crippen LogP contribution in [0.4, 0.5) is 16.2 Å². The first-order chi connectivity index (χ1) is 10.6. The van der Waals surface area contributed by atoms with Gasteiger partial charge in [-0.05, 0) is 30.3 Å². The van der Waals surface area contributed by atoms with Crippen molar-refractivity contribution in [3.8, 4) is 5.75 Å². The number of ether oxygens (including phenoxy) is 1. The summed E-state index contributed by atoms with van der Waals surface area (Å²) in [5, 5.41) is 12.3. The molecule has 0 unspecified atom stereocenters. The van der Waals surface area contributed by atoms with Gasteiger partial charge >= 0.3 is 6.09 Å². The molecule has 0 bridgehead atoms. The topological polar surface area (TPSA) is 78.9 Å². The van der Waals surface area contributed by atoms with E-state index in [1.165, 1.54) is 11.0 Å². The van der Waals surface area contributed by atoms with Gasteiger partial charge in [0.2, 0.25) is 0 Å². The Kier molecular flexibility index (Phi) is 3.65. The summed E-state index contributed by atoms with van der Waals surface area (Å²) < 4.78 is 4.88. The third kappa shape index (κ3) is 2.71. The SMILES string of the molecule is O=C(Nc1ccccc1O)c1cccc(N2CCOC2=O)c1. The molecule has 22 heavy (non-hydrogen) atoms. The lowest BCUT2D eigenvalue weighted by molar-refractivity contribution is 0.102. The number of phenolic OH excluding ortho intramolecular Hbond substituents is 1. The Morgan fingerprint density at radius 3 is 2.73 bits per heavy atom. The molecule has 112 valence electrons. The average Bonchev–Trinajstić information content (AvgIpc) is 2.96. The van der Waals surface area contributed by atoms with E-state index in [0.717, 1.165) is 0 Å². The average molecular weight is 298 g/mol. The first-order valence-corrected chi connectivity index (χ1v) is 6.79. The van der Waals surface area contributed by atoms with Crippen LogP contribution < -0.4 is 10.2 Å². The highest BCUT2D eigenvalue weighted by atomic mass is 16.6.